The minimum atomic E-state index is -3.03. The molecule has 0 aromatic carbocycles. The fourth-order valence-electron chi connectivity index (χ4n) is 2.61. The van der Waals surface area contributed by atoms with Crippen molar-refractivity contribution in [1.82, 2.24) is 15.2 Å². The van der Waals surface area contributed by atoms with Gasteiger partial charge in [-0.1, -0.05) is 0 Å². The highest BCUT2D eigenvalue weighted by atomic mass is 32.2. The quantitative estimate of drug-likeness (QED) is 0.501. The van der Waals surface area contributed by atoms with Crippen LogP contribution in [0.5, 0.6) is 0 Å². The van der Waals surface area contributed by atoms with Gasteiger partial charge in [0.05, 0.1) is 15.5 Å². The zero-order valence-electron chi connectivity index (χ0n) is 14.3. The van der Waals surface area contributed by atoms with Crippen molar-refractivity contribution in [1.29, 1.82) is 0 Å². The van der Waals surface area contributed by atoms with E-state index < -0.39 is 14.6 Å². The number of aromatic nitrogens is 1. The Bertz CT molecular complexity index is 665. The summed E-state index contributed by atoms with van der Waals surface area (Å²) in [5.41, 5.74) is 1.07. The molecular formula is C15H26N4O2S2. The summed E-state index contributed by atoms with van der Waals surface area (Å²) in [5, 5.41) is 6.56. The van der Waals surface area contributed by atoms with Gasteiger partial charge in [0.15, 0.2) is 15.8 Å². The number of hydrogen-bond acceptors (Lipinski definition) is 5. The number of sulfone groups is 1. The van der Waals surface area contributed by atoms with Gasteiger partial charge in [-0.2, -0.15) is 0 Å². The lowest BCUT2D eigenvalue weighted by atomic mass is 10.2. The van der Waals surface area contributed by atoms with E-state index in [4.69, 9.17) is 0 Å². The van der Waals surface area contributed by atoms with Gasteiger partial charge in [0, 0.05) is 44.2 Å². The molecule has 0 spiro atoms. The van der Waals surface area contributed by atoms with E-state index in [0.29, 0.717) is 13.1 Å². The van der Waals surface area contributed by atoms with Gasteiger partial charge >= 0.3 is 0 Å². The van der Waals surface area contributed by atoms with Crippen LogP contribution in [0.3, 0.4) is 0 Å². The number of aliphatic imine (C=N–C) groups is 1. The molecular weight excluding hydrogens is 332 g/mol. The van der Waals surface area contributed by atoms with Gasteiger partial charge in [-0.05, 0) is 27.2 Å². The Morgan fingerprint density at radius 2 is 2.26 bits per heavy atom. The van der Waals surface area contributed by atoms with Crippen molar-refractivity contribution >= 4 is 27.1 Å². The second-order valence-corrected chi connectivity index (χ2v) is 10.1. The van der Waals surface area contributed by atoms with Crippen LogP contribution in [0.2, 0.25) is 0 Å². The largest absolute Gasteiger partial charge is 0.356 e. The molecule has 23 heavy (non-hydrogen) atoms. The summed E-state index contributed by atoms with van der Waals surface area (Å²) in [5.74, 6) is 0.960. The number of nitrogens with zero attached hydrogens (tertiary/aromatic N) is 3. The maximum absolute atomic E-state index is 12.1. The van der Waals surface area contributed by atoms with Crippen molar-refractivity contribution in [3.05, 3.63) is 16.1 Å². The fourth-order valence-corrected chi connectivity index (χ4v) is 4.80. The molecule has 1 fully saturated rings. The van der Waals surface area contributed by atoms with Crippen LogP contribution < -0.4 is 5.32 Å². The Morgan fingerprint density at radius 1 is 1.52 bits per heavy atom. The third-order valence-corrected chi connectivity index (χ3v) is 7.63. The summed E-state index contributed by atoms with van der Waals surface area (Å²) >= 11 is 1.70. The van der Waals surface area contributed by atoms with Crippen LogP contribution in [0.1, 0.15) is 31.0 Å². The molecule has 0 saturated carbocycles. The SMILES string of the molecule is CN=C(NCCCc1nc(C)cs1)N1CCS(=O)(=O)C(C)(C)C1. The first-order valence-electron chi connectivity index (χ1n) is 7.84. The van der Waals surface area contributed by atoms with Crippen molar-refractivity contribution in [2.75, 3.05) is 32.4 Å². The van der Waals surface area contributed by atoms with Crippen molar-refractivity contribution in [3.63, 3.8) is 0 Å². The third-order valence-electron chi connectivity index (χ3n) is 4.07. The Morgan fingerprint density at radius 3 is 2.83 bits per heavy atom. The summed E-state index contributed by atoms with van der Waals surface area (Å²) in [7, 11) is -1.29. The second kappa shape index (κ2) is 7.17. The molecule has 8 heteroatoms. The molecule has 1 aromatic rings. The first-order chi connectivity index (χ1) is 10.7. The Balaban J connectivity index is 1.84. The van der Waals surface area contributed by atoms with E-state index >= 15 is 0 Å². The molecule has 0 unspecified atom stereocenters. The normalized spacial score (nSPS) is 20.5. The lowest BCUT2D eigenvalue weighted by Crippen LogP contribution is -2.57. The molecule has 2 heterocycles. The summed E-state index contributed by atoms with van der Waals surface area (Å²) in [6.07, 6.45) is 1.92. The van der Waals surface area contributed by atoms with E-state index in [-0.39, 0.29) is 5.75 Å². The number of rotatable bonds is 4. The lowest BCUT2D eigenvalue weighted by molar-refractivity contribution is 0.353. The molecule has 0 atom stereocenters. The van der Waals surface area contributed by atoms with Crippen LogP contribution in [-0.2, 0) is 16.3 Å². The summed E-state index contributed by atoms with van der Waals surface area (Å²) < 4.78 is 23.4. The lowest BCUT2D eigenvalue weighted by Gasteiger charge is -2.39. The molecule has 0 bridgehead atoms. The summed E-state index contributed by atoms with van der Waals surface area (Å²) in [4.78, 5) is 10.8. The predicted molar refractivity (Wildman–Crippen MR) is 96.0 cm³/mol. The maximum atomic E-state index is 12.1. The molecule has 130 valence electrons. The highest BCUT2D eigenvalue weighted by molar-refractivity contribution is 7.92. The van der Waals surface area contributed by atoms with E-state index in [1.807, 2.05) is 11.8 Å². The van der Waals surface area contributed by atoms with E-state index in [0.717, 1.165) is 36.0 Å². The van der Waals surface area contributed by atoms with Crippen molar-refractivity contribution < 1.29 is 8.42 Å². The standard InChI is InChI=1S/C15H26N4O2S2/c1-12-10-22-13(18-12)6-5-7-17-14(16-4)19-8-9-23(20,21)15(2,3)11-19/h10H,5-9,11H2,1-4H3,(H,16,17). The van der Waals surface area contributed by atoms with Crippen LogP contribution in [-0.4, -0.2) is 61.4 Å². The number of nitrogens with one attached hydrogen (secondary N) is 1. The molecule has 1 N–H and O–H groups in total. The van der Waals surface area contributed by atoms with Gasteiger partial charge in [0.1, 0.15) is 0 Å². The van der Waals surface area contributed by atoms with E-state index in [9.17, 15) is 8.42 Å². The van der Waals surface area contributed by atoms with Crippen LogP contribution in [0.4, 0.5) is 0 Å². The maximum Gasteiger partial charge on any atom is 0.193 e. The van der Waals surface area contributed by atoms with Gasteiger partial charge < -0.3 is 10.2 Å². The van der Waals surface area contributed by atoms with Gasteiger partial charge in [-0.25, -0.2) is 13.4 Å². The molecule has 0 aliphatic carbocycles. The average Bonchev–Trinajstić information content (AvgIpc) is 2.88. The zero-order valence-corrected chi connectivity index (χ0v) is 15.9. The van der Waals surface area contributed by atoms with Gasteiger partial charge in [-0.3, -0.25) is 4.99 Å². The average molecular weight is 359 g/mol. The van der Waals surface area contributed by atoms with Gasteiger partial charge in [0.2, 0.25) is 0 Å². The molecule has 1 aromatic heterocycles. The van der Waals surface area contributed by atoms with Crippen LogP contribution in [0.25, 0.3) is 0 Å². The van der Waals surface area contributed by atoms with Crippen LogP contribution >= 0.6 is 11.3 Å². The minimum Gasteiger partial charge on any atom is -0.356 e. The number of hydrogen-bond donors (Lipinski definition) is 1. The second-order valence-electron chi connectivity index (χ2n) is 6.46. The summed E-state index contributed by atoms with van der Waals surface area (Å²) in [6, 6.07) is 0. The van der Waals surface area contributed by atoms with Gasteiger partial charge in [0.25, 0.3) is 0 Å². The van der Waals surface area contributed by atoms with Crippen LogP contribution in [0.15, 0.2) is 10.4 Å². The van der Waals surface area contributed by atoms with Crippen molar-refractivity contribution in [2.24, 2.45) is 4.99 Å². The Labute approximate surface area is 142 Å². The molecule has 1 aliphatic heterocycles. The molecule has 0 amide bonds. The number of thiazole rings is 1. The third kappa shape index (κ3) is 4.44. The summed E-state index contributed by atoms with van der Waals surface area (Å²) in [6.45, 7) is 7.35. The number of aryl methyl sites for hydroxylation is 2. The Kier molecular flexibility index (Phi) is 5.67. The molecule has 2 rings (SSSR count). The zero-order chi connectivity index (χ0) is 17.1. The smallest absolute Gasteiger partial charge is 0.193 e. The molecule has 6 nitrogen and oxygen atoms in total. The van der Waals surface area contributed by atoms with Crippen LogP contribution in [0, 0.1) is 6.92 Å². The number of guanidine groups is 1. The molecule has 0 radical (unpaired) electrons. The first-order valence-corrected chi connectivity index (χ1v) is 10.4. The molecule has 1 saturated heterocycles. The van der Waals surface area contributed by atoms with E-state index in [2.05, 4.69) is 20.7 Å². The minimum absolute atomic E-state index is 0.180. The topological polar surface area (TPSA) is 74.7 Å². The highest BCUT2D eigenvalue weighted by Gasteiger charge is 2.40. The van der Waals surface area contributed by atoms with E-state index in [1.165, 1.54) is 0 Å². The van der Waals surface area contributed by atoms with E-state index in [1.54, 1.807) is 32.2 Å². The fraction of sp³-hybridized carbons (Fsp3) is 0.733. The highest BCUT2D eigenvalue weighted by Crippen LogP contribution is 2.23. The molecule has 1 aliphatic rings. The Hall–Kier alpha value is -1.15. The van der Waals surface area contributed by atoms with Crippen molar-refractivity contribution in [2.45, 2.75) is 38.4 Å². The van der Waals surface area contributed by atoms with Gasteiger partial charge in [-0.15, -0.1) is 11.3 Å². The predicted octanol–water partition coefficient (Wildman–Crippen LogP) is 1.47. The monoisotopic (exact) mass is 358 g/mol. The first kappa shape index (κ1) is 18.2. The van der Waals surface area contributed by atoms with Crippen molar-refractivity contribution in [3.8, 4) is 0 Å².